The molecular formula is C27H30N4O. The summed E-state index contributed by atoms with van der Waals surface area (Å²) in [5, 5.41) is 21.4. The van der Waals surface area contributed by atoms with E-state index in [2.05, 4.69) is 36.1 Å². The van der Waals surface area contributed by atoms with E-state index >= 15 is 0 Å². The number of aromatic nitrogens is 1. The highest BCUT2D eigenvalue weighted by Crippen LogP contribution is 2.34. The molecule has 5 nitrogen and oxygen atoms in total. The highest BCUT2D eigenvalue weighted by Gasteiger charge is 2.35. The average molecular weight is 427 g/mol. The Balaban J connectivity index is 1.59. The largest absolute Gasteiger partial charge is 0.481 e. The van der Waals surface area contributed by atoms with Gasteiger partial charge in [-0.05, 0) is 74.6 Å². The van der Waals surface area contributed by atoms with Gasteiger partial charge >= 0.3 is 0 Å². The zero-order chi connectivity index (χ0) is 22.7. The van der Waals surface area contributed by atoms with Gasteiger partial charge in [-0.15, -0.1) is 0 Å². The van der Waals surface area contributed by atoms with E-state index in [-0.39, 0.29) is 5.92 Å². The fraction of sp³-hybridized carbons (Fsp3) is 0.444. The number of rotatable bonds is 6. The van der Waals surface area contributed by atoms with E-state index in [4.69, 9.17) is 15.0 Å². The van der Waals surface area contributed by atoms with Crippen molar-refractivity contribution in [2.45, 2.75) is 45.6 Å². The maximum absolute atomic E-state index is 10.2. The predicted molar refractivity (Wildman–Crippen MR) is 125 cm³/mol. The Morgan fingerprint density at radius 1 is 1.16 bits per heavy atom. The van der Waals surface area contributed by atoms with Crippen LogP contribution in [-0.4, -0.2) is 30.6 Å². The third-order valence-electron chi connectivity index (χ3n) is 6.89. The van der Waals surface area contributed by atoms with Crippen molar-refractivity contribution in [3.8, 4) is 18.0 Å². The van der Waals surface area contributed by atoms with Crippen molar-refractivity contribution in [1.29, 1.82) is 10.5 Å². The molecule has 0 spiro atoms. The molecule has 2 aromatic rings. The topological polar surface area (TPSA) is 72.9 Å². The second-order valence-electron chi connectivity index (χ2n) is 9.31. The van der Waals surface area contributed by atoms with Crippen LogP contribution in [0.2, 0.25) is 0 Å². The van der Waals surface area contributed by atoms with Crippen LogP contribution in [0.1, 0.15) is 48.4 Å². The summed E-state index contributed by atoms with van der Waals surface area (Å²) in [6.45, 7) is 3.43. The molecule has 32 heavy (non-hydrogen) atoms. The van der Waals surface area contributed by atoms with Gasteiger partial charge in [0.05, 0.1) is 35.6 Å². The fourth-order valence-electron chi connectivity index (χ4n) is 5.15. The summed E-state index contributed by atoms with van der Waals surface area (Å²) >= 11 is 0. The molecular weight excluding hydrogens is 396 g/mol. The molecule has 0 N–H and O–H groups in total. The fourth-order valence-corrected chi connectivity index (χ4v) is 5.15. The third kappa shape index (κ3) is 4.27. The van der Waals surface area contributed by atoms with Gasteiger partial charge in [-0.2, -0.15) is 10.5 Å². The van der Waals surface area contributed by atoms with Gasteiger partial charge in [-0.25, -0.2) is 4.98 Å². The second-order valence-corrected chi connectivity index (χ2v) is 9.31. The summed E-state index contributed by atoms with van der Waals surface area (Å²) in [6.07, 6.45) is 9.86. The van der Waals surface area contributed by atoms with Crippen molar-refractivity contribution in [1.82, 2.24) is 9.88 Å². The Bertz CT molecular complexity index is 1200. The molecule has 0 aliphatic heterocycles. The molecule has 2 aliphatic carbocycles. The molecule has 0 saturated heterocycles. The SMILES string of the molecule is COc1nc2c(c3c1CCCC3)=CCC(C(C)(C#N)CN(C)Cc1ccc(C#N)cc1)C=2. The van der Waals surface area contributed by atoms with Gasteiger partial charge in [0.1, 0.15) is 0 Å². The summed E-state index contributed by atoms with van der Waals surface area (Å²) in [4.78, 5) is 7.04. The molecule has 0 amide bonds. The van der Waals surface area contributed by atoms with Gasteiger partial charge in [-0.3, -0.25) is 0 Å². The minimum atomic E-state index is -0.541. The van der Waals surface area contributed by atoms with E-state index in [1.807, 2.05) is 31.3 Å². The lowest BCUT2D eigenvalue weighted by atomic mass is 9.74. The van der Waals surface area contributed by atoms with Crippen LogP contribution in [-0.2, 0) is 19.4 Å². The number of hydrogen-bond donors (Lipinski definition) is 0. The summed E-state index contributed by atoms with van der Waals surface area (Å²) in [5.74, 6) is 0.836. The number of fused-ring (bicyclic) bond motifs is 3. The molecule has 2 unspecified atom stereocenters. The van der Waals surface area contributed by atoms with Crippen LogP contribution in [0.5, 0.6) is 5.88 Å². The maximum Gasteiger partial charge on any atom is 0.217 e. The van der Waals surface area contributed by atoms with E-state index in [1.54, 1.807) is 7.11 Å². The second kappa shape index (κ2) is 9.15. The van der Waals surface area contributed by atoms with E-state index in [1.165, 1.54) is 29.2 Å². The van der Waals surface area contributed by atoms with Crippen molar-refractivity contribution >= 4 is 12.2 Å². The van der Waals surface area contributed by atoms with Crippen molar-refractivity contribution in [2.24, 2.45) is 11.3 Å². The molecule has 164 valence electrons. The van der Waals surface area contributed by atoms with Crippen LogP contribution in [0.25, 0.3) is 12.2 Å². The standard InChI is InChI=1S/C27H30N4O/c1-27(17-29,18-31(2)16-20-10-8-19(15-28)9-11-20)21-12-13-23-22-6-4-5-7-24(22)26(32-3)30-25(23)14-21/h8-11,13-14,21H,4-7,12,16,18H2,1-3H3. The lowest BCUT2D eigenvalue weighted by Crippen LogP contribution is -2.43. The summed E-state index contributed by atoms with van der Waals surface area (Å²) in [5.41, 5.74) is 3.92. The highest BCUT2D eigenvalue weighted by molar-refractivity contribution is 5.49. The first-order chi connectivity index (χ1) is 15.5. The average Bonchev–Trinajstić information content (AvgIpc) is 2.83. The molecule has 1 aromatic carbocycles. The van der Waals surface area contributed by atoms with Gasteiger partial charge in [0, 0.05) is 24.6 Å². The number of nitrogens with zero attached hydrogens (tertiary/aromatic N) is 4. The number of methoxy groups -OCH3 is 1. The van der Waals surface area contributed by atoms with Gasteiger partial charge in [0.2, 0.25) is 5.88 Å². The molecule has 4 rings (SSSR count). The Morgan fingerprint density at radius 2 is 1.88 bits per heavy atom. The van der Waals surface area contributed by atoms with Crippen molar-refractivity contribution in [3.05, 3.63) is 57.1 Å². The molecule has 5 heteroatoms. The number of nitriles is 2. The van der Waals surface area contributed by atoms with Gasteiger partial charge in [0.25, 0.3) is 0 Å². The molecule has 0 radical (unpaired) electrons. The van der Waals surface area contributed by atoms with Crippen LogP contribution in [0.15, 0.2) is 24.3 Å². The monoisotopic (exact) mass is 426 g/mol. The molecule has 2 aliphatic rings. The molecule has 0 bridgehead atoms. The van der Waals surface area contributed by atoms with Crippen LogP contribution < -0.4 is 15.3 Å². The van der Waals surface area contributed by atoms with E-state index in [0.29, 0.717) is 12.1 Å². The van der Waals surface area contributed by atoms with Gasteiger partial charge < -0.3 is 9.64 Å². The number of hydrogen-bond acceptors (Lipinski definition) is 5. The molecule has 0 fully saturated rings. The zero-order valence-electron chi connectivity index (χ0n) is 19.2. The van der Waals surface area contributed by atoms with Gasteiger partial charge in [-0.1, -0.05) is 24.3 Å². The van der Waals surface area contributed by atoms with Crippen molar-refractivity contribution < 1.29 is 4.74 Å². The highest BCUT2D eigenvalue weighted by atomic mass is 16.5. The quantitative estimate of drug-likeness (QED) is 0.710. The van der Waals surface area contributed by atoms with E-state index < -0.39 is 5.41 Å². The van der Waals surface area contributed by atoms with Crippen LogP contribution in [0.3, 0.4) is 0 Å². The number of benzene rings is 1. The first kappa shape index (κ1) is 22.1. The lowest BCUT2D eigenvalue weighted by molar-refractivity contribution is 0.199. The molecule has 1 heterocycles. The number of pyridine rings is 1. The summed E-state index contributed by atoms with van der Waals surface area (Å²) in [6, 6.07) is 12.4. The zero-order valence-corrected chi connectivity index (χ0v) is 19.2. The number of ether oxygens (including phenoxy) is 1. The lowest BCUT2D eigenvalue weighted by Gasteiger charge is -2.34. The third-order valence-corrected chi connectivity index (χ3v) is 6.89. The minimum absolute atomic E-state index is 0.0854. The molecule has 0 saturated carbocycles. The summed E-state index contributed by atoms with van der Waals surface area (Å²) < 4.78 is 5.63. The predicted octanol–water partition coefficient (Wildman–Crippen LogP) is 3.08. The Labute approximate surface area is 190 Å². The van der Waals surface area contributed by atoms with Gasteiger partial charge in [0.15, 0.2) is 0 Å². The van der Waals surface area contributed by atoms with Crippen LogP contribution in [0, 0.1) is 34.0 Å². The Kier molecular flexibility index (Phi) is 6.31. The Morgan fingerprint density at radius 3 is 2.53 bits per heavy atom. The first-order valence-electron chi connectivity index (χ1n) is 11.3. The van der Waals surface area contributed by atoms with Crippen LogP contribution in [0.4, 0.5) is 0 Å². The van der Waals surface area contributed by atoms with E-state index in [0.717, 1.165) is 42.6 Å². The Hall–Kier alpha value is -3.15. The minimum Gasteiger partial charge on any atom is -0.481 e. The summed E-state index contributed by atoms with van der Waals surface area (Å²) in [7, 11) is 3.75. The van der Waals surface area contributed by atoms with Crippen molar-refractivity contribution in [3.63, 3.8) is 0 Å². The molecule has 2 atom stereocenters. The maximum atomic E-state index is 10.2. The smallest absolute Gasteiger partial charge is 0.217 e. The van der Waals surface area contributed by atoms with E-state index in [9.17, 15) is 5.26 Å². The molecule has 1 aromatic heterocycles. The normalized spacial score (nSPS) is 18.8. The van der Waals surface area contributed by atoms with Crippen molar-refractivity contribution in [2.75, 3.05) is 20.7 Å². The first-order valence-corrected chi connectivity index (χ1v) is 11.3. The van der Waals surface area contributed by atoms with Crippen LogP contribution >= 0.6 is 0 Å².